The maximum Gasteiger partial charge on any atom is 0.513 e. The summed E-state index contributed by atoms with van der Waals surface area (Å²) >= 11 is 0. The molecule has 11 heteroatoms. The Morgan fingerprint density at radius 3 is 1.78 bits per heavy atom. The fourth-order valence-electron chi connectivity index (χ4n) is 3.18. The van der Waals surface area contributed by atoms with Crippen molar-refractivity contribution in [3.8, 4) is 11.5 Å². The highest BCUT2D eigenvalue weighted by atomic mass is 16.7. The number of hydrogen-bond acceptors (Lipinski definition) is 11. The van der Waals surface area contributed by atoms with E-state index in [1.165, 1.54) is 19.2 Å². The van der Waals surface area contributed by atoms with Crippen molar-refractivity contribution in [1.29, 1.82) is 0 Å². The van der Waals surface area contributed by atoms with E-state index >= 15 is 0 Å². The van der Waals surface area contributed by atoms with E-state index in [1.54, 1.807) is 13.0 Å². The van der Waals surface area contributed by atoms with E-state index in [1.807, 2.05) is 55.4 Å². The van der Waals surface area contributed by atoms with E-state index in [2.05, 4.69) is 0 Å². The minimum absolute atomic E-state index is 0.0303. The molecule has 0 aromatic heterocycles. The fraction of sp³-hybridized carbons (Fsp3) is 0.667. The van der Waals surface area contributed by atoms with Crippen LogP contribution < -0.4 is 15.2 Å². The molecule has 2 N–H and O–H groups in total. The molecule has 0 amide bonds. The summed E-state index contributed by atoms with van der Waals surface area (Å²) in [4.78, 5) is 49.7. The molecule has 0 aliphatic rings. The Labute approximate surface area is 243 Å². The topological polar surface area (TPSA) is 150 Å². The summed E-state index contributed by atoms with van der Waals surface area (Å²) in [6.07, 6.45) is -2.10. The van der Waals surface area contributed by atoms with Crippen molar-refractivity contribution in [3.05, 3.63) is 23.8 Å². The van der Waals surface area contributed by atoms with Crippen molar-refractivity contribution in [1.82, 2.24) is 0 Å². The molecule has 1 rings (SSSR count). The van der Waals surface area contributed by atoms with Crippen LogP contribution in [-0.2, 0) is 35.0 Å². The number of methoxy groups -OCH3 is 1. The lowest BCUT2D eigenvalue weighted by Crippen LogP contribution is -2.51. The van der Waals surface area contributed by atoms with Crippen LogP contribution in [0.25, 0.3) is 0 Å². The summed E-state index contributed by atoms with van der Waals surface area (Å²) in [6, 6.07) is 4.35. The highest BCUT2D eigenvalue weighted by molar-refractivity contribution is 5.81. The first-order valence-corrected chi connectivity index (χ1v) is 13.6. The maximum absolute atomic E-state index is 12.7. The van der Waals surface area contributed by atoms with Gasteiger partial charge in [-0.15, -0.1) is 0 Å². The Balaban J connectivity index is 3.21. The first-order chi connectivity index (χ1) is 18.8. The van der Waals surface area contributed by atoms with E-state index in [4.69, 9.17) is 34.2 Å². The quantitative estimate of drug-likeness (QED) is 0.191. The lowest BCUT2D eigenvalue weighted by Gasteiger charge is -2.27. The molecular formula is C30H47NO10. The lowest BCUT2D eigenvalue weighted by molar-refractivity contribution is -0.153. The van der Waals surface area contributed by atoms with Crippen LogP contribution in [0.4, 0.5) is 9.59 Å². The number of carbonyl (C=O) groups is 4. The average molecular weight is 582 g/mol. The zero-order valence-corrected chi connectivity index (χ0v) is 26.1. The van der Waals surface area contributed by atoms with Crippen molar-refractivity contribution in [2.24, 2.45) is 28.4 Å². The van der Waals surface area contributed by atoms with Gasteiger partial charge in [0.05, 0.1) is 32.8 Å². The number of hydrogen-bond donors (Lipinski definition) is 1. The third-order valence-corrected chi connectivity index (χ3v) is 5.92. The van der Waals surface area contributed by atoms with Gasteiger partial charge in [0, 0.05) is 12.8 Å². The van der Waals surface area contributed by atoms with Gasteiger partial charge in [-0.3, -0.25) is 9.59 Å². The van der Waals surface area contributed by atoms with Crippen LogP contribution >= 0.6 is 0 Å². The van der Waals surface area contributed by atoms with Crippen molar-refractivity contribution in [2.75, 3.05) is 26.9 Å². The molecule has 0 spiro atoms. The van der Waals surface area contributed by atoms with Crippen molar-refractivity contribution in [3.63, 3.8) is 0 Å². The SMILES string of the molecule is COC(=O)[C@@](N)(CCOC(=O)C(C)C(C)C)Cc1ccc(OC(=O)OCC(C)(C)C)c(OC(=O)OCC(C)(C)C)c1. The van der Waals surface area contributed by atoms with E-state index in [0.717, 1.165) is 0 Å². The minimum atomic E-state index is -1.58. The summed E-state index contributed by atoms with van der Waals surface area (Å²) in [5.74, 6) is -1.58. The van der Waals surface area contributed by atoms with Crippen LogP contribution in [0, 0.1) is 22.7 Å². The molecule has 0 heterocycles. The summed E-state index contributed by atoms with van der Waals surface area (Å²) in [5.41, 5.74) is 4.72. The summed E-state index contributed by atoms with van der Waals surface area (Å²) in [7, 11) is 1.21. The minimum Gasteiger partial charge on any atom is -0.468 e. The van der Waals surface area contributed by atoms with Gasteiger partial charge in [0.1, 0.15) is 5.54 Å². The summed E-state index contributed by atoms with van der Waals surface area (Å²) < 4.78 is 31.3. The molecule has 1 aromatic rings. The molecule has 0 bridgehead atoms. The molecule has 0 saturated carbocycles. The number of ether oxygens (including phenoxy) is 6. The number of carbonyl (C=O) groups excluding carboxylic acids is 4. The van der Waals surface area contributed by atoms with Crippen LogP contribution in [-0.4, -0.2) is 56.7 Å². The molecular weight excluding hydrogens is 534 g/mol. The Bertz CT molecular complexity index is 1050. The Morgan fingerprint density at radius 1 is 0.805 bits per heavy atom. The molecule has 1 unspecified atom stereocenters. The molecule has 0 aliphatic carbocycles. The third-order valence-electron chi connectivity index (χ3n) is 5.92. The van der Waals surface area contributed by atoms with Crippen LogP contribution in [0.1, 0.15) is 74.3 Å². The standard InChI is InChI=1S/C30H47NO10/c1-19(2)20(3)24(32)37-14-13-30(31,25(33)36-10)16-21-11-12-22(40-26(34)38-17-28(4,5)6)23(15-21)41-27(35)39-18-29(7,8)9/h11-12,15,19-20H,13-14,16-18,31H2,1-10H3/t20?,30-/m1/s1. The molecule has 2 atom stereocenters. The van der Waals surface area contributed by atoms with E-state index in [-0.39, 0.29) is 66.8 Å². The second kappa shape index (κ2) is 15.0. The largest absolute Gasteiger partial charge is 0.513 e. The number of nitrogens with two attached hydrogens (primary N) is 1. The normalized spacial score (nSPS) is 14.0. The monoisotopic (exact) mass is 581 g/mol. The van der Waals surface area contributed by atoms with Crippen molar-refractivity contribution >= 4 is 24.2 Å². The molecule has 232 valence electrons. The number of rotatable bonds is 12. The number of benzene rings is 1. The van der Waals surface area contributed by atoms with Gasteiger partial charge in [0.2, 0.25) is 0 Å². The fourth-order valence-corrected chi connectivity index (χ4v) is 3.18. The van der Waals surface area contributed by atoms with E-state index in [0.29, 0.717) is 5.56 Å². The smallest absolute Gasteiger partial charge is 0.468 e. The summed E-state index contributed by atoms with van der Waals surface area (Å²) in [6.45, 7) is 17.0. The van der Waals surface area contributed by atoms with Crippen LogP contribution in [0.2, 0.25) is 0 Å². The second-order valence-corrected chi connectivity index (χ2v) is 13.0. The van der Waals surface area contributed by atoms with Gasteiger partial charge in [-0.1, -0.05) is 68.4 Å². The van der Waals surface area contributed by atoms with Crippen LogP contribution in [0.3, 0.4) is 0 Å². The van der Waals surface area contributed by atoms with Crippen LogP contribution in [0.5, 0.6) is 11.5 Å². The molecule has 11 nitrogen and oxygen atoms in total. The Hall–Kier alpha value is -3.34. The predicted molar refractivity (Wildman–Crippen MR) is 152 cm³/mol. The zero-order valence-electron chi connectivity index (χ0n) is 26.1. The van der Waals surface area contributed by atoms with Crippen LogP contribution in [0.15, 0.2) is 18.2 Å². The van der Waals surface area contributed by atoms with E-state index < -0.39 is 29.8 Å². The van der Waals surface area contributed by atoms with Gasteiger partial charge in [0.25, 0.3) is 0 Å². The van der Waals surface area contributed by atoms with Gasteiger partial charge in [0.15, 0.2) is 11.5 Å². The van der Waals surface area contributed by atoms with E-state index in [9.17, 15) is 19.2 Å². The highest BCUT2D eigenvalue weighted by Crippen LogP contribution is 2.32. The Morgan fingerprint density at radius 2 is 1.32 bits per heavy atom. The average Bonchev–Trinajstić information content (AvgIpc) is 2.85. The third kappa shape index (κ3) is 13.2. The molecule has 0 fully saturated rings. The lowest BCUT2D eigenvalue weighted by atomic mass is 9.88. The van der Waals surface area contributed by atoms with Crippen molar-refractivity contribution in [2.45, 2.75) is 80.7 Å². The molecule has 41 heavy (non-hydrogen) atoms. The van der Waals surface area contributed by atoms with Gasteiger partial charge in [-0.2, -0.15) is 0 Å². The maximum atomic E-state index is 12.7. The molecule has 0 saturated heterocycles. The van der Waals surface area contributed by atoms with Gasteiger partial charge >= 0.3 is 24.2 Å². The van der Waals surface area contributed by atoms with Gasteiger partial charge < -0.3 is 34.2 Å². The van der Waals surface area contributed by atoms with Gasteiger partial charge in [-0.25, -0.2) is 9.59 Å². The summed E-state index contributed by atoms with van der Waals surface area (Å²) in [5, 5.41) is 0. The first-order valence-electron chi connectivity index (χ1n) is 13.6. The molecule has 1 aromatic carbocycles. The zero-order chi connectivity index (χ0) is 31.6. The second-order valence-electron chi connectivity index (χ2n) is 13.0. The van der Waals surface area contributed by atoms with Crippen molar-refractivity contribution < 1.29 is 47.6 Å². The van der Waals surface area contributed by atoms with Gasteiger partial charge in [-0.05, 0) is 34.4 Å². The number of esters is 2. The highest BCUT2D eigenvalue weighted by Gasteiger charge is 2.36. The molecule has 0 aliphatic heterocycles. The predicted octanol–water partition coefficient (Wildman–Crippen LogP) is 5.45. The molecule has 0 radical (unpaired) electrons. The Kier molecular flexibility index (Phi) is 13.1. The first kappa shape index (κ1) is 35.7.